The monoisotopic (exact) mass is 674 g/mol. The lowest BCUT2D eigenvalue weighted by Crippen LogP contribution is -2.40. The largest absolute Gasteiger partial charge is 0.508 e. The number of aromatic hydroxyl groups is 1. The summed E-state index contributed by atoms with van der Waals surface area (Å²) in [5, 5.41) is 21.4. The highest BCUT2D eigenvalue weighted by Gasteiger charge is 2.21. The number of morpholine rings is 1. The number of amides is 1. The number of allylic oxidation sites excluding steroid dienone is 1. The molecular formula is C36H38N10O4. The number of aromatic nitrogens is 6. The summed E-state index contributed by atoms with van der Waals surface area (Å²) in [5.41, 5.74) is 9.50. The molecule has 0 atom stereocenters. The number of nitrogens with zero attached hydrogens (tertiary/aromatic N) is 9. The molecule has 14 nitrogen and oxygen atoms in total. The van der Waals surface area contributed by atoms with Gasteiger partial charge >= 0.3 is 0 Å². The summed E-state index contributed by atoms with van der Waals surface area (Å²) < 4.78 is 8.57. The molecule has 6 rings (SSSR count). The molecule has 0 aliphatic carbocycles. The van der Waals surface area contributed by atoms with Crippen molar-refractivity contribution in [3.05, 3.63) is 82.3 Å². The molecule has 5 aromatic rings. The molecule has 0 unspecified atom stereocenters. The number of phenols is 1. The van der Waals surface area contributed by atoms with Crippen LogP contribution in [0.1, 0.15) is 37.6 Å². The van der Waals surface area contributed by atoms with E-state index >= 15 is 0 Å². The van der Waals surface area contributed by atoms with Crippen molar-refractivity contribution in [1.82, 2.24) is 39.2 Å². The molecule has 4 heterocycles. The smallest absolute Gasteiger partial charge is 0.263 e. The molecule has 3 aromatic heterocycles. The van der Waals surface area contributed by atoms with Gasteiger partial charge in [-0.25, -0.2) is 19.6 Å². The van der Waals surface area contributed by atoms with Crippen molar-refractivity contribution in [3.63, 3.8) is 0 Å². The lowest BCUT2D eigenvalue weighted by molar-refractivity contribution is -0.135. The third-order valence-corrected chi connectivity index (χ3v) is 8.35. The van der Waals surface area contributed by atoms with Crippen molar-refractivity contribution in [2.24, 2.45) is 5.10 Å². The minimum absolute atomic E-state index is 0.0762. The zero-order valence-corrected chi connectivity index (χ0v) is 28.0. The molecule has 0 bridgehead atoms. The number of nitrogens with two attached hydrogens (primary N) is 1. The summed E-state index contributed by atoms with van der Waals surface area (Å²) in [7, 11) is 1.75. The van der Waals surface area contributed by atoms with E-state index in [1.165, 1.54) is 6.33 Å². The first kappa shape index (κ1) is 33.8. The first-order valence-electron chi connectivity index (χ1n) is 16.2. The quantitative estimate of drug-likeness (QED) is 0.0969. The van der Waals surface area contributed by atoms with Gasteiger partial charge in [0.1, 0.15) is 36.0 Å². The standard InChI is InChI=1S/C36H38N10O4/c1-24(20-43(3)38-2)21-45-29(22-46-35-32(34(37)39-23-40-35)33(42-46)26-11-7-12-27(47)19-26)41-28-13-8-10-25(31(28)36(45)49)9-5-4-6-14-30(48)44-15-17-50-18-16-44/h7-8,10-13,19-20,23,47H,2,4,6,14-18,21-22H2,1,3H3,(H2,37,39,40)/b24-20+. The van der Waals surface area contributed by atoms with Gasteiger partial charge in [0.15, 0.2) is 5.65 Å². The van der Waals surface area contributed by atoms with Crippen molar-refractivity contribution in [2.45, 2.75) is 39.3 Å². The molecule has 14 heteroatoms. The van der Waals surface area contributed by atoms with Crippen LogP contribution >= 0.6 is 0 Å². The Morgan fingerprint density at radius 1 is 1.18 bits per heavy atom. The normalized spacial score (nSPS) is 13.3. The molecule has 256 valence electrons. The fourth-order valence-corrected chi connectivity index (χ4v) is 5.93. The number of carbonyl (C=O) groups is 1. The Balaban J connectivity index is 1.38. The second kappa shape index (κ2) is 15.0. The molecule has 1 fully saturated rings. The van der Waals surface area contributed by atoms with Gasteiger partial charge in [-0.05, 0) is 43.2 Å². The summed E-state index contributed by atoms with van der Waals surface area (Å²) in [6.07, 6.45) is 4.68. The van der Waals surface area contributed by atoms with E-state index in [1.54, 1.807) is 51.8 Å². The number of unbranched alkanes of at least 4 members (excludes halogenated alkanes) is 1. The molecule has 2 aromatic carbocycles. The van der Waals surface area contributed by atoms with E-state index in [9.17, 15) is 14.7 Å². The van der Waals surface area contributed by atoms with Crippen LogP contribution in [0.15, 0.2) is 70.5 Å². The number of carbonyl (C=O) groups excluding carboxylic acids is 1. The van der Waals surface area contributed by atoms with Crippen molar-refractivity contribution >= 4 is 40.4 Å². The third kappa shape index (κ3) is 7.32. The summed E-state index contributed by atoms with van der Waals surface area (Å²) in [4.78, 5) is 42.4. The Morgan fingerprint density at radius 2 is 1.98 bits per heavy atom. The third-order valence-electron chi connectivity index (χ3n) is 8.35. The van der Waals surface area contributed by atoms with Crippen molar-refractivity contribution in [1.29, 1.82) is 0 Å². The number of hydrogen-bond donors (Lipinski definition) is 2. The van der Waals surface area contributed by atoms with E-state index in [4.69, 9.17) is 20.6 Å². The van der Waals surface area contributed by atoms with Gasteiger partial charge in [-0.15, -0.1) is 0 Å². The number of phenolic OH excluding ortho intramolecular Hbond substituents is 1. The topological polar surface area (TPSA) is 170 Å². The molecule has 0 spiro atoms. The summed E-state index contributed by atoms with van der Waals surface area (Å²) in [6, 6.07) is 12.1. The highest BCUT2D eigenvalue weighted by molar-refractivity contribution is 5.98. The Hall–Kier alpha value is -6.07. The minimum atomic E-state index is -0.266. The molecular weight excluding hydrogens is 636 g/mol. The first-order chi connectivity index (χ1) is 24.2. The predicted molar refractivity (Wildman–Crippen MR) is 191 cm³/mol. The molecule has 0 saturated carbocycles. The van der Waals surface area contributed by atoms with Crippen LogP contribution in [0, 0.1) is 11.8 Å². The maximum atomic E-state index is 14.4. The molecule has 0 radical (unpaired) electrons. The van der Waals surface area contributed by atoms with Crippen LogP contribution in [0.4, 0.5) is 5.82 Å². The van der Waals surface area contributed by atoms with Gasteiger partial charge in [-0.3, -0.25) is 19.2 Å². The Bertz CT molecular complexity index is 2220. The summed E-state index contributed by atoms with van der Waals surface area (Å²) >= 11 is 0. The van der Waals surface area contributed by atoms with Crippen molar-refractivity contribution < 1.29 is 14.6 Å². The number of anilines is 1. The molecule has 1 amide bonds. The zero-order valence-electron chi connectivity index (χ0n) is 28.0. The number of rotatable bonds is 10. The van der Waals surface area contributed by atoms with Crippen LogP contribution in [-0.2, 0) is 22.6 Å². The second-order valence-corrected chi connectivity index (χ2v) is 12.0. The average Bonchev–Trinajstić information content (AvgIpc) is 3.49. The lowest BCUT2D eigenvalue weighted by atomic mass is 10.1. The highest BCUT2D eigenvalue weighted by atomic mass is 16.5. The van der Waals surface area contributed by atoms with E-state index < -0.39 is 0 Å². The number of nitrogen functional groups attached to an aromatic ring is 1. The van der Waals surface area contributed by atoms with E-state index in [1.807, 2.05) is 30.0 Å². The predicted octanol–water partition coefficient (Wildman–Crippen LogP) is 3.37. The fourth-order valence-electron chi connectivity index (χ4n) is 5.93. The number of fused-ring (bicyclic) bond motifs is 2. The number of benzene rings is 2. The van der Waals surface area contributed by atoms with E-state index in [0.717, 1.165) is 5.57 Å². The van der Waals surface area contributed by atoms with E-state index in [-0.39, 0.29) is 36.1 Å². The van der Waals surface area contributed by atoms with E-state index in [2.05, 4.69) is 33.6 Å². The van der Waals surface area contributed by atoms with E-state index in [0.29, 0.717) is 90.1 Å². The van der Waals surface area contributed by atoms with Crippen molar-refractivity contribution in [2.75, 3.05) is 39.1 Å². The Kier molecular flexibility index (Phi) is 10.1. The molecule has 50 heavy (non-hydrogen) atoms. The summed E-state index contributed by atoms with van der Waals surface area (Å²) in [6.45, 7) is 8.12. The van der Waals surface area contributed by atoms with Crippen molar-refractivity contribution in [3.8, 4) is 28.8 Å². The maximum absolute atomic E-state index is 14.4. The van der Waals surface area contributed by atoms with Gasteiger partial charge < -0.3 is 20.5 Å². The maximum Gasteiger partial charge on any atom is 0.263 e. The van der Waals surface area contributed by atoms with Crippen LogP contribution in [0.5, 0.6) is 5.75 Å². The van der Waals surface area contributed by atoms with Crippen LogP contribution < -0.4 is 11.3 Å². The van der Waals surface area contributed by atoms with Gasteiger partial charge in [0.25, 0.3) is 5.56 Å². The second-order valence-electron chi connectivity index (χ2n) is 12.0. The Morgan fingerprint density at radius 3 is 2.76 bits per heavy atom. The zero-order chi connectivity index (χ0) is 35.2. The van der Waals surface area contributed by atoms with Gasteiger partial charge in [-0.2, -0.15) is 10.2 Å². The SMILES string of the molecule is C=NN(C)/C=C(\C)Cn1c(Cn2nc(-c3cccc(O)c3)c3c(N)ncnc32)nc2cccc(C#CCCCC(=O)N3CCOCC3)c2c1=O. The first-order valence-corrected chi connectivity index (χ1v) is 16.2. The number of ether oxygens (including phenoxy) is 1. The average molecular weight is 675 g/mol. The fraction of sp³-hybridized carbons (Fsp3) is 0.306. The minimum Gasteiger partial charge on any atom is -0.508 e. The van der Waals surface area contributed by atoms with Crippen LogP contribution in [-0.4, -0.2) is 90.3 Å². The van der Waals surface area contributed by atoms with Gasteiger partial charge in [0.05, 0.1) is 29.5 Å². The highest BCUT2D eigenvalue weighted by Crippen LogP contribution is 2.32. The van der Waals surface area contributed by atoms with Crippen LogP contribution in [0.3, 0.4) is 0 Å². The summed E-state index contributed by atoms with van der Waals surface area (Å²) in [5.74, 6) is 7.17. The van der Waals surface area contributed by atoms with Crippen LogP contribution in [0.2, 0.25) is 0 Å². The van der Waals surface area contributed by atoms with Gasteiger partial charge in [0, 0.05) is 63.6 Å². The van der Waals surface area contributed by atoms with Crippen LogP contribution in [0.25, 0.3) is 33.2 Å². The Labute approximate surface area is 288 Å². The molecule has 1 saturated heterocycles. The van der Waals surface area contributed by atoms with Gasteiger partial charge in [-0.1, -0.05) is 30.0 Å². The lowest BCUT2D eigenvalue weighted by Gasteiger charge is -2.26. The van der Waals surface area contributed by atoms with Gasteiger partial charge in [0.2, 0.25) is 5.91 Å². The molecule has 1 aliphatic rings. The molecule has 1 aliphatic heterocycles. The molecule has 3 N–H and O–H groups in total. The number of hydrazone groups is 1. The number of hydrogen-bond acceptors (Lipinski definition) is 11.